The Bertz CT molecular complexity index is 749. The van der Waals surface area contributed by atoms with Crippen LogP contribution in [0.25, 0.3) is 0 Å². The van der Waals surface area contributed by atoms with Crippen molar-refractivity contribution in [1.82, 2.24) is 15.2 Å². The van der Waals surface area contributed by atoms with Crippen LogP contribution in [0.1, 0.15) is 0 Å². The highest BCUT2D eigenvalue weighted by atomic mass is 35.5. The average molecular weight is 413 g/mol. The highest BCUT2D eigenvalue weighted by molar-refractivity contribution is 6.32. The van der Waals surface area contributed by atoms with E-state index >= 15 is 0 Å². The van der Waals surface area contributed by atoms with Crippen molar-refractivity contribution >= 4 is 35.7 Å². The van der Waals surface area contributed by atoms with Crippen LogP contribution in [-0.4, -0.2) is 55.3 Å². The summed E-state index contributed by atoms with van der Waals surface area (Å²) in [5.41, 5.74) is 0.617. The molecule has 1 saturated heterocycles. The van der Waals surface area contributed by atoms with E-state index in [2.05, 4.69) is 15.6 Å². The van der Waals surface area contributed by atoms with Crippen LogP contribution in [0.3, 0.4) is 0 Å². The summed E-state index contributed by atoms with van der Waals surface area (Å²) in [4.78, 5) is 18.5. The van der Waals surface area contributed by atoms with E-state index in [1.165, 1.54) is 0 Å². The van der Waals surface area contributed by atoms with Crippen molar-refractivity contribution < 1.29 is 14.3 Å². The molecule has 1 unspecified atom stereocenters. The summed E-state index contributed by atoms with van der Waals surface area (Å²) < 4.78 is 10.9. The van der Waals surface area contributed by atoms with Crippen LogP contribution in [0.4, 0.5) is 10.5 Å². The van der Waals surface area contributed by atoms with Crippen LogP contribution in [0.15, 0.2) is 42.7 Å². The first-order chi connectivity index (χ1) is 12.7. The number of benzene rings is 1. The zero-order valence-corrected chi connectivity index (χ0v) is 16.4. The number of pyridine rings is 1. The minimum Gasteiger partial charge on any atom is -0.495 e. The van der Waals surface area contributed by atoms with Gasteiger partial charge in [0.2, 0.25) is 0 Å². The minimum absolute atomic E-state index is 0. The van der Waals surface area contributed by atoms with E-state index in [4.69, 9.17) is 21.1 Å². The summed E-state index contributed by atoms with van der Waals surface area (Å²) in [6.45, 7) is 2.38. The maximum absolute atomic E-state index is 12.7. The normalized spacial score (nSPS) is 16.2. The summed E-state index contributed by atoms with van der Waals surface area (Å²) in [6, 6.07) is 8.52. The second-order valence-electron chi connectivity index (χ2n) is 5.83. The topological polar surface area (TPSA) is 75.7 Å². The molecule has 2 heterocycles. The number of carbonyl (C=O) groups excluding carboxylic acids is 1. The molecule has 1 atom stereocenters. The molecule has 1 aromatic carbocycles. The van der Waals surface area contributed by atoms with Gasteiger partial charge in [0, 0.05) is 31.5 Å². The predicted octanol–water partition coefficient (Wildman–Crippen LogP) is 3.05. The number of hydrogen-bond donors (Lipinski definition) is 2. The molecule has 9 heteroatoms. The zero-order chi connectivity index (χ0) is 18.4. The standard InChI is InChI=1S/C18H21ClN4O3.ClH/c1-25-17-5-4-13(9-16(17)19)22-18(24)23-8-7-21-10-14(23)12-26-15-3-2-6-20-11-15;/h2-6,9,11,14,21H,7-8,10,12H2,1H3,(H,22,24);1H. The molecule has 0 aliphatic carbocycles. The molecule has 0 spiro atoms. The van der Waals surface area contributed by atoms with Crippen LogP contribution in [0.2, 0.25) is 5.02 Å². The van der Waals surface area contributed by atoms with E-state index in [0.29, 0.717) is 41.9 Å². The molecule has 2 N–H and O–H groups in total. The predicted molar refractivity (Wildman–Crippen MR) is 107 cm³/mol. The van der Waals surface area contributed by atoms with Gasteiger partial charge in [-0.1, -0.05) is 11.6 Å². The average Bonchev–Trinajstić information content (AvgIpc) is 2.67. The van der Waals surface area contributed by atoms with Gasteiger partial charge in [0.15, 0.2) is 0 Å². The van der Waals surface area contributed by atoms with Gasteiger partial charge in [-0.05, 0) is 30.3 Å². The van der Waals surface area contributed by atoms with Crippen molar-refractivity contribution in [3.8, 4) is 11.5 Å². The lowest BCUT2D eigenvalue weighted by Gasteiger charge is -2.35. The van der Waals surface area contributed by atoms with Gasteiger partial charge in [-0.3, -0.25) is 4.98 Å². The number of nitrogens with zero attached hydrogens (tertiary/aromatic N) is 2. The van der Waals surface area contributed by atoms with Gasteiger partial charge >= 0.3 is 6.03 Å². The molecule has 3 rings (SSSR count). The van der Waals surface area contributed by atoms with Crippen LogP contribution in [-0.2, 0) is 0 Å². The van der Waals surface area contributed by atoms with Crippen LogP contribution < -0.4 is 20.1 Å². The SMILES string of the molecule is COc1ccc(NC(=O)N2CCNCC2COc2cccnc2)cc1Cl.Cl. The fourth-order valence-corrected chi connectivity index (χ4v) is 3.00. The minimum atomic E-state index is -0.187. The Labute approximate surface area is 169 Å². The van der Waals surface area contributed by atoms with Gasteiger partial charge in [0.25, 0.3) is 0 Å². The van der Waals surface area contributed by atoms with Gasteiger partial charge < -0.3 is 25.0 Å². The number of rotatable bonds is 5. The quantitative estimate of drug-likeness (QED) is 0.788. The summed E-state index contributed by atoms with van der Waals surface area (Å²) in [5.74, 6) is 1.25. The number of carbonyl (C=O) groups is 1. The molecule has 7 nitrogen and oxygen atoms in total. The maximum Gasteiger partial charge on any atom is 0.322 e. The molecule has 1 aliphatic heterocycles. The van der Waals surface area contributed by atoms with Crippen LogP contribution >= 0.6 is 24.0 Å². The number of aromatic nitrogens is 1. The van der Waals surface area contributed by atoms with Gasteiger partial charge in [0.1, 0.15) is 18.1 Å². The van der Waals surface area contributed by atoms with Crippen molar-refractivity contribution in [2.45, 2.75) is 6.04 Å². The van der Waals surface area contributed by atoms with Gasteiger partial charge in [-0.2, -0.15) is 0 Å². The fourth-order valence-electron chi connectivity index (χ4n) is 2.74. The van der Waals surface area contributed by atoms with E-state index in [9.17, 15) is 4.79 Å². The Hall–Kier alpha value is -2.22. The molecule has 27 heavy (non-hydrogen) atoms. The number of urea groups is 1. The molecule has 1 aliphatic rings. The molecule has 2 amide bonds. The molecule has 0 bridgehead atoms. The number of halogens is 2. The second kappa shape index (κ2) is 10.2. The Balaban J connectivity index is 0.00000261. The number of nitrogens with one attached hydrogen (secondary N) is 2. The number of amides is 2. The lowest BCUT2D eigenvalue weighted by molar-refractivity contribution is 0.133. The highest BCUT2D eigenvalue weighted by Crippen LogP contribution is 2.27. The second-order valence-corrected chi connectivity index (χ2v) is 6.24. The van der Waals surface area contributed by atoms with E-state index in [-0.39, 0.29) is 24.5 Å². The Morgan fingerprint density at radius 1 is 1.44 bits per heavy atom. The number of methoxy groups -OCH3 is 1. The van der Waals surface area contributed by atoms with Gasteiger partial charge in [0.05, 0.1) is 24.4 Å². The van der Waals surface area contributed by atoms with Crippen molar-refractivity contribution in [2.24, 2.45) is 0 Å². The van der Waals surface area contributed by atoms with Gasteiger partial charge in [-0.15, -0.1) is 12.4 Å². The summed E-state index contributed by atoms with van der Waals surface area (Å²) in [6.07, 6.45) is 3.34. The molecule has 2 aromatic rings. The number of piperazine rings is 1. The van der Waals surface area contributed by atoms with E-state index in [0.717, 1.165) is 6.54 Å². The number of anilines is 1. The molecule has 146 valence electrons. The number of hydrogen-bond acceptors (Lipinski definition) is 5. The van der Waals surface area contributed by atoms with E-state index < -0.39 is 0 Å². The Kier molecular flexibility index (Phi) is 7.97. The lowest BCUT2D eigenvalue weighted by Crippen LogP contribution is -2.57. The zero-order valence-electron chi connectivity index (χ0n) is 14.9. The highest BCUT2D eigenvalue weighted by Gasteiger charge is 2.27. The van der Waals surface area contributed by atoms with E-state index in [1.54, 1.807) is 42.6 Å². The molecule has 0 saturated carbocycles. The first-order valence-corrected chi connectivity index (χ1v) is 8.70. The fraction of sp³-hybridized carbons (Fsp3) is 0.333. The third-order valence-electron chi connectivity index (χ3n) is 4.09. The third-order valence-corrected chi connectivity index (χ3v) is 4.39. The number of ether oxygens (including phenoxy) is 2. The van der Waals surface area contributed by atoms with Crippen molar-refractivity contribution in [3.63, 3.8) is 0 Å². The monoisotopic (exact) mass is 412 g/mol. The molecule has 1 fully saturated rings. The first kappa shape index (κ1) is 21.1. The summed E-state index contributed by atoms with van der Waals surface area (Å²) in [5, 5.41) is 6.62. The lowest BCUT2D eigenvalue weighted by atomic mass is 10.2. The van der Waals surface area contributed by atoms with Crippen LogP contribution in [0, 0.1) is 0 Å². The molecule has 0 radical (unpaired) electrons. The smallest absolute Gasteiger partial charge is 0.322 e. The maximum atomic E-state index is 12.7. The van der Waals surface area contributed by atoms with Crippen LogP contribution in [0.5, 0.6) is 11.5 Å². The van der Waals surface area contributed by atoms with Crippen molar-refractivity contribution in [3.05, 3.63) is 47.7 Å². The van der Waals surface area contributed by atoms with Gasteiger partial charge in [-0.25, -0.2) is 4.79 Å². The molecular formula is C18H22Cl2N4O3. The Morgan fingerprint density at radius 2 is 2.30 bits per heavy atom. The molecular weight excluding hydrogens is 391 g/mol. The summed E-state index contributed by atoms with van der Waals surface area (Å²) in [7, 11) is 1.55. The first-order valence-electron chi connectivity index (χ1n) is 8.32. The van der Waals surface area contributed by atoms with E-state index in [1.807, 2.05) is 12.1 Å². The molecule has 1 aromatic heterocycles. The largest absolute Gasteiger partial charge is 0.495 e. The third kappa shape index (κ3) is 5.63. The van der Waals surface area contributed by atoms with Crippen molar-refractivity contribution in [1.29, 1.82) is 0 Å². The van der Waals surface area contributed by atoms with Crippen molar-refractivity contribution in [2.75, 3.05) is 38.7 Å². The summed E-state index contributed by atoms with van der Waals surface area (Å²) >= 11 is 6.12. The Morgan fingerprint density at radius 3 is 3.00 bits per heavy atom.